The predicted molar refractivity (Wildman–Crippen MR) is 104 cm³/mol. The number of nitrogens with zero attached hydrogens (tertiary/aromatic N) is 1. The predicted octanol–water partition coefficient (Wildman–Crippen LogP) is 1.66. The summed E-state index contributed by atoms with van der Waals surface area (Å²) in [5.41, 5.74) is 2.17. The van der Waals surface area contributed by atoms with Gasteiger partial charge >= 0.3 is 0 Å². The van der Waals surface area contributed by atoms with E-state index >= 15 is 0 Å². The summed E-state index contributed by atoms with van der Waals surface area (Å²) >= 11 is 0. The highest BCUT2D eigenvalue weighted by atomic mass is 32.2. The van der Waals surface area contributed by atoms with E-state index in [-0.39, 0.29) is 16.8 Å². The largest absolute Gasteiger partial charge is 0.354 e. The molecule has 7 heteroatoms. The van der Waals surface area contributed by atoms with Crippen LogP contribution in [-0.4, -0.2) is 38.4 Å². The second kappa shape index (κ2) is 8.65. The van der Waals surface area contributed by atoms with Gasteiger partial charge in [-0.15, -0.1) is 0 Å². The lowest BCUT2D eigenvalue weighted by atomic mass is 10.1. The third-order valence-corrected chi connectivity index (χ3v) is 5.79. The van der Waals surface area contributed by atoms with E-state index in [1.54, 1.807) is 12.1 Å². The molecule has 3 N–H and O–H groups in total. The van der Waals surface area contributed by atoms with Crippen molar-refractivity contribution >= 4 is 15.9 Å². The molecule has 1 amide bonds. The van der Waals surface area contributed by atoms with Crippen LogP contribution in [0, 0.1) is 0 Å². The lowest BCUT2D eigenvalue weighted by Gasteiger charge is -2.23. The molecule has 27 heavy (non-hydrogen) atoms. The average molecular weight is 388 g/mol. The monoisotopic (exact) mass is 387 g/mol. The molecule has 1 fully saturated rings. The van der Waals surface area contributed by atoms with Crippen LogP contribution >= 0.6 is 0 Å². The zero-order valence-corrected chi connectivity index (χ0v) is 16.0. The Kier molecular flexibility index (Phi) is 6.26. The molecule has 1 unspecified atom stereocenters. The van der Waals surface area contributed by atoms with Gasteiger partial charge in [0.1, 0.15) is 0 Å². The molecule has 1 aliphatic rings. The third-order valence-electron chi connectivity index (χ3n) is 4.86. The maximum Gasteiger partial charge on any atom is 0.238 e. The van der Waals surface area contributed by atoms with E-state index in [1.165, 1.54) is 17.7 Å². The first-order chi connectivity index (χ1) is 12.9. The van der Waals surface area contributed by atoms with Crippen molar-refractivity contribution in [3.63, 3.8) is 0 Å². The summed E-state index contributed by atoms with van der Waals surface area (Å²) < 4.78 is 22.5. The minimum absolute atomic E-state index is 0.0598. The van der Waals surface area contributed by atoms with Crippen molar-refractivity contribution in [2.24, 2.45) is 5.14 Å². The minimum atomic E-state index is -3.67. The molecule has 6 nitrogen and oxygen atoms in total. The first-order valence-corrected chi connectivity index (χ1v) is 10.7. The Hall–Kier alpha value is -2.22. The molecule has 144 valence electrons. The summed E-state index contributed by atoms with van der Waals surface area (Å²) in [5, 5.41) is 8.11. The van der Waals surface area contributed by atoms with Gasteiger partial charge in [-0.2, -0.15) is 0 Å². The van der Waals surface area contributed by atoms with E-state index in [0.717, 1.165) is 31.5 Å². The fraction of sp³-hybridized carbons (Fsp3) is 0.350. The average Bonchev–Trinajstić information content (AvgIpc) is 3.10. The van der Waals surface area contributed by atoms with Crippen LogP contribution in [0.3, 0.4) is 0 Å². The molecule has 0 saturated carbocycles. The highest BCUT2D eigenvalue weighted by Gasteiger charge is 2.30. The lowest BCUT2D eigenvalue weighted by Crippen LogP contribution is -2.43. The molecule has 1 aliphatic heterocycles. The molecule has 2 aromatic carbocycles. The molecular weight excluding hydrogens is 362 g/mol. The van der Waals surface area contributed by atoms with Crippen LogP contribution in [-0.2, 0) is 27.8 Å². The highest BCUT2D eigenvalue weighted by molar-refractivity contribution is 7.89. The number of amides is 1. The van der Waals surface area contributed by atoms with Gasteiger partial charge in [0, 0.05) is 13.1 Å². The molecule has 0 bridgehead atoms. The Morgan fingerprint density at radius 2 is 1.78 bits per heavy atom. The summed E-state index contributed by atoms with van der Waals surface area (Å²) in [6.07, 6.45) is 2.55. The molecule has 0 aromatic heterocycles. The Labute approximate surface area is 160 Å². The third kappa shape index (κ3) is 5.38. The number of sulfonamides is 1. The van der Waals surface area contributed by atoms with E-state index < -0.39 is 10.0 Å². The first kappa shape index (κ1) is 19.5. The standard InChI is InChI=1S/C20H25N3O3S/c21-27(25,26)18-10-8-16(9-11-18)12-13-22-20(24)19-7-4-14-23(19)15-17-5-2-1-3-6-17/h1-3,5-6,8-11,19H,4,7,12-15H2,(H,22,24)(H2,21,25,26). The van der Waals surface area contributed by atoms with Gasteiger partial charge in [0.05, 0.1) is 10.9 Å². The number of carbonyl (C=O) groups excluding carboxylic acids is 1. The van der Waals surface area contributed by atoms with Crippen molar-refractivity contribution < 1.29 is 13.2 Å². The van der Waals surface area contributed by atoms with Crippen LogP contribution in [0.15, 0.2) is 59.5 Å². The Balaban J connectivity index is 1.50. The van der Waals surface area contributed by atoms with Gasteiger partial charge in [-0.25, -0.2) is 13.6 Å². The van der Waals surface area contributed by atoms with Crippen molar-refractivity contribution in [1.82, 2.24) is 10.2 Å². The number of rotatable bonds is 7. The van der Waals surface area contributed by atoms with Gasteiger partial charge < -0.3 is 5.32 Å². The van der Waals surface area contributed by atoms with Gasteiger partial charge in [0.25, 0.3) is 0 Å². The molecule has 0 aliphatic carbocycles. The molecule has 1 heterocycles. The summed E-state index contributed by atoms with van der Waals surface area (Å²) in [7, 11) is -3.67. The van der Waals surface area contributed by atoms with Crippen LogP contribution in [0.4, 0.5) is 0 Å². The van der Waals surface area contributed by atoms with Crippen molar-refractivity contribution in [3.05, 3.63) is 65.7 Å². The van der Waals surface area contributed by atoms with Crippen LogP contribution in [0.2, 0.25) is 0 Å². The Morgan fingerprint density at radius 3 is 2.44 bits per heavy atom. The highest BCUT2D eigenvalue weighted by Crippen LogP contribution is 2.20. The molecule has 3 rings (SSSR count). The molecule has 1 saturated heterocycles. The summed E-state index contributed by atoms with van der Waals surface area (Å²) in [5.74, 6) is 0.0598. The maximum atomic E-state index is 12.6. The Bertz CT molecular complexity index is 867. The fourth-order valence-corrected chi connectivity index (χ4v) is 3.94. The number of nitrogens with one attached hydrogen (secondary N) is 1. The van der Waals surface area contributed by atoms with Crippen molar-refractivity contribution in [2.75, 3.05) is 13.1 Å². The second-order valence-corrected chi connectivity index (χ2v) is 8.41. The second-order valence-electron chi connectivity index (χ2n) is 6.84. The normalized spacial score (nSPS) is 17.7. The van der Waals surface area contributed by atoms with Gasteiger partial charge in [-0.1, -0.05) is 42.5 Å². The number of nitrogens with two attached hydrogens (primary N) is 1. The van der Waals surface area contributed by atoms with Gasteiger partial charge in [0.2, 0.25) is 15.9 Å². The van der Waals surface area contributed by atoms with Crippen LogP contribution in [0.5, 0.6) is 0 Å². The number of primary sulfonamides is 1. The maximum absolute atomic E-state index is 12.6. The lowest BCUT2D eigenvalue weighted by molar-refractivity contribution is -0.125. The van der Waals surface area contributed by atoms with Crippen molar-refractivity contribution in [1.29, 1.82) is 0 Å². The number of hydrogen-bond acceptors (Lipinski definition) is 4. The number of hydrogen-bond donors (Lipinski definition) is 2. The molecule has 0 spiro atoms. The SMILES string of the molecule is NS(=O)(=O)c1ccc(CCNC(=O)C2CCCN2Cc2ccccc2)cc1. The molecular formula is C20H25N3O3S. The van der Waals surface area contributed by atoms with E-state index in [0.29, 0.717) is 13.0 Å². The number of likely N-dealkylation sites (tertiary alicyclic amines) is 1. The van der Waals surface area contributed by atoms with Crippen LogP contribution in [0.25, 0.3) is 0 Å². The van der Waals surface area contributed by atoms with Gasteiger partial charge in [-0.05, 0) is 49.1 Å². The van der Waals surface area contributed by atoms with Crippen molar-refractivity contribution in [3.8, 4) is 0 Å². The zero-order chi connectivity index (χ0) is 19.3. The molecule has 2 aromatic rings. The van der Waals surface area contributed by atoms with Gasteiger partial charge in [-0.3, -0.25) is 9.69 Å². The topological polar surface area (TPSA) is 92.5 Å². The molecule has 1 atom stereocenters. The van der Waals surface area contributed by atoms with E-state index in [1.807, 2.05) is 18.2 Å². The van der Waals surface area contributed by atoms with Gasteiger partial charge in [0.15, 0.2) is 0 Å². The Morgan fingerprint density at radius 1 is 1.07 bits per heavy atom. The first-order valence-electron chi connectivity index (χ1n) is 9.11. The van der Waals surface area contributed by atoms with E-state index in [4.69, 9.17) is 5.14 Å². The summed E-state index contributed by atoms with van der Waals surface area (Å²) in [6, 6.07) is 16.5. The number of benzene rings is 2. The van der Waals surface area contributed by atoms with E-state index in [9.17, 15) is 13.2 Å². The van der Waals surface area contributed by atoms with Crippen LogP contribution in [0.1, 0.15) is 24.0 Å². The minimum Gasteiger partial charge on any atom is -0.354 e. The quantitative estimate of drug-likeness (QED) is 0.756. The van der Waals surface area contributed by atoms with E-state index in [2.05, 4.69) is 22.3 Å². The summed E-state index contributed by atoms with van der Waals surface area (Å²) in [4.78, 5) is 14.9. The zero-order valence-electron chi connectivity index (χ0n) is 15.2. The fourth-order valence-electron chi connectivity index (χ4n) is 3.42. The smallest absolute Gasteiger partial charge is 0.238 e. The van der Waals surface area contributed by atoms with Crippen LogP contribution < -0.4 is 10.5 Å². The van der Waals surface area contributed by atoms with Crippen molar-refractivity contribution in [2.45, 2.75) is 36.7 Å². The molecule has 0 radical (unpaired) electrons. The number of carbonyl (C=O) groups is 1. The summed E-state index contributed by atoms with van der Waals surface area (Å²) in [6.45, 7) is 2.24.